The van der Waals surface area contributed by atoms with E-state index < -0.39 is 15.9 Å². The normalized spacial score (nSPS) is 23.8. The van der Waals surface area contributed by atoms with Gasteiger partial charge in [-0.25, -0.2) is 8.42 Å². The van der Waals surface area contributed by atoms with Crippen LogP contribution in [0.3, 0.4) is 0 Å². The van der Waals surface area contributed by atoms with Gasteiger partial charge in [-0.3, -0.25) is 10.1 Å². The zero-order chi connectivity index (χ0) is 19.7. The lowest BCUT2D eigenvalue weighted by molar-refractivity contribution is -0.121. The largest absolute Gasteiger partial charge is 0.405 e. The van der Waals surface area contributed by atoms with E-state index in [1.807, 2.05) is 0 Å². The molecule has 152 valence electrons. The molecular weight excluding hydrogens is 428 g/mol. The third-order valence-corrected chi connectivity index (χ3v) is 8.34. The van der Waals surface area contributed by atoms with Crippen LogP contribution in [-0.2, 0) is 19.6 Å². The van der Waals surface area contributed by atoms with Gasteiger partial charge in [-0.1, -0.05) is 16.7 Å². The van der Waals surface area contributed by atoms with Crippen molar-refractivity contribution < 1.29 is 22.4 Å². The van der Waals surface area contributed by atoms with E-state index in [1.54, 1.807) is 6.07 Å². The standard InChI is InChI=1S/C16H19ClN4O5S2/c17-12-5-6-13(27-12)28(23,24)21-7-1-3-10(9-21)14(22)18-16-20-19-15(26-16)11-4-2-8-25-11/h5-6,10-11H,1-4,7-9H2,(H,18,20,22). The van der Waals surface area contributed by atoms with Gasteiger partial charge in [-0.05, 0) is 37.8 Å². The summed E-state index contributed by atoms with van der Waals surface area (Å²) in [6.45, 7) is 1.11. The van der Waals surface area contributed by atoms with Gasteiger partial charge >= 0.3 is 6.01 Å². The quantitative estimate of drug-likeness (QED) is 0.750. The van der Waals surface area contributed by atoms with Crippen molar-refractivity contribution in [3.63, 3.8) is 0 Å². The number of thiophene rings is 1. The van der Waals surface area contributed by atoms with Crippen LogP contribution in [0.1, 0.15) is 37.7 Å². The van der Waals surface area contributed by atoms with Crippen molar-refractivity contribution >= 4 is 44.9 Å². The van der Waals surface area contributed by atoms with Crippen molar-refractivity contribution in [3.05, 3.63) is 22.4 Å². The SMILES string of the molecule is O=C(Nc1nnc(C2CCCO2)o1)C1CCCN(S(=O)(=O)c2ccc(Cl)s2)C1. The lowest BCUT2D eigenvalue weighted by atomic mass is 9.99. The van der Waals surface area contributed by atoms with Crippen LogP contribution in [0.4, 0.5) is 6.01 Å². The predicted octanol–water partition coefficient (Wildman–Crippen LogP) is 2.68. The van der Waals surface area contributed by atoms with Crippen LogP contribution in [0.25, 0.3) is 0 Å². The van der Waals surface area contributed by atoms with Gasteiger partial charge < -0.3 is 9.15 Å². The molecule has 2 unspecified atom stereocenters. The number of nitrogens with zero attached hydrogens (tertiary/aromatic N) is 3. The first-order chi connectivity index (χ1) is 13.4. The number of carbonyl (C=O) groups excluding carboxylic acids is 1. The summed E-state index contributed by atoms with van der Waals surface area (Å²) in [4.78, 5) is 12.6. The number of carbonyl (C=O) groups is 1. The second-order valence-corrected chi connectivity index (χ2v) is 10.6. The van der Waals surface area contributed by atoms with Gasteiger partial charge in [0.15, 0.2) is 0 Å². The average molecular weight is 447 g/mol. The first-order valence-electron chi connectivity index (χ1n) is 8.95. The molecule has 0 bridgehead atoms. The van der Waals surface area contributed by atoms with E-state index in [-0.39, 0.29) is 28.8 Å². The maximum absolute atomic E-state index is 12.8. The Morgan fingerprint density at radius 2 is 2.14 bits per heavy atom. The van der Waals surface area contributed by atoms with Crippen LogP contribution >= 0.6 is 22.9 Å². The van der Waals surface area contributed by atoms with Crippen LogP contribution < -0.4 is 5.32 Å². The molecule has 9 nitrogen and oxygen atoms in total. The molecule has 0 spiro atoms. The number of anilines is 1. The Bertz CT molecular complexity index is 954. The van der Waals surface area contributed by atoms with Crippen molar-refractivity contribution in [3.8, 4) is 0 Å². The zero-order valence-corrected chi connectivity index (χ0v) is 17.2. The Morgan fingerprint density at radius 1 is 1.29 bits per heavy atom. The van der Waals surface area contributed by atoms with E-state index in [9.17, 15) is 13.2 Å². The number of rotatable bonds is 5. The highest BCUT2D eigenvalue weighted by Gasteiger charge is 2.34. The fourth-order valence-electron chi connectivity index (χ4n) is 3.33. The van der Waals surface area contributed by atoms with Crippen molar-refractivity contribution in [2.24, 2.45) is 5.92 Å². The van der Waals surface area contributed by atoms with Crippen LogP contribution in [0.2, 0.25) is 4.34 Å². The lowest BCUT2D eigenvalue weighted by Gasteiger charge is -2.30. The minimum absolute atomic E-state index is 0.000481. The summed E-state index contributed by atoms with van der Waals surface area (Å²) < 4.78 is 38.4. The second-order valence-electron chi connectivity index (χ2n) is 6.70. The van der Waals surface area contributed by atoms with Crippen LogP contribution in [-0.4, -0.2) is 48.5 Å². The number of hydrogen-bond acceptors (Lipinski definition) is 8. The molecule has 0 aliphatic carbocycles. The molecule has 2 aliphatic rings. The number of sulfonamides is 1. The van der Waals surface area contributed by atoms with Gasteiger partial charge in [0.1, 0.15) is 10.3 Å². The van der Waals surface area contributed by atoms with Gasteiger partial charge in [0.2, 0.25) is 11.8 Å². The van der Waals surface area contributed by atoms with Crippen molar-refractivity contribution in [1.82, 2.24) is 14.5 Å². The molecule has 4 rings (SSSR count). The van der Waals surface area contributed by atoms with Crippen LogP contribution in [0.15, 0.2) is 20.8 Å². The molecule has 1 N–H and O–H groups in total. The second kappa shape index (κ2) is 8.07. The molecule has 1 amide bonds. The molecule has 2 saturated heterocycles. The van der Waals surface area contributed by atoms with E-state index in [0.717, 1.165) is 24.2 Å². The van der Waals surface area contributed by atoms with Gasteiger partial charge in [0.05, 0.1) is 10.3 Å². The molecule has 4 heterocycles. The molecule has 28 heavy (non-hydrogen) atoms. The molecule has 2 atom stereocenters. The molecule has 2 aromatic heterocycles. The maximum atomic E-state index is 12.8. The fraction of sp³-hybridized carbons (Fsp3) is 0.562. The van der Waals surface area contributed by atoms with Crippen LogP contribution in [0.5, 0.6) is 0 Å². The Balaban J connectivity index is 1.41. The summed E-state index contributed by atoms with van der Waals surface area (Å²) in [5.41, 5.74) is 0. The highest BCUT2D eigenvalue weighted by molar-refractivity contribution is 7.91. The summed E-state index contributed by atoms with van der Waals surface area (Å²) in [6.07, 6.45) is 2.66. The summed E-state index contributed by atoms with van der Waals surface area (Å²) >= 11 is 6.87. The number of aromatic nitrogens is 2. The Kier molecular flexibility index (Phi) is 5.70. The Labute approximate surface area is 171 Å². The first-order valence-corrected chi connectivity index (χ1v) is 11.6. The summed E-state index contributed by atoms with van der Waals surface area (Å²) in [5, 5.41) is 10.4. The van der Waals surface area contributed by atoms with Crippen molar-refractivity contribution in [2.75, 3.05) is 25.0 Å². The number of halogens is 1. The molecule has 12 heteroatoms. The molecular formula is C16H19ClN4O5S2. The zero-order valence-electron chi connectivity index (χ0n) is 14.8. The Hall–Kier alpha value is -1.53. The molecule has 2 fully saturated rings. The van der Waals surface area contributed by atoms with E-state index in [1.165, 1.54) is 10.4 Å². The summed E-state index contributed by atoms with van der Waals surface area (Å²) in [6, 6.07) is 3.03. The molecule has 0 saturated carbocycles. The van der Waals surface area contributed by atoms with Gasteiger partial charge in [-0.15, -0.1) is 16.4 Å². The predicted molar refractivity (Wildman–Crippen MR) is 102 cm³/mol. The van der Waals surface area contributed by atoms with E-state index in [4.69, 9.17) is 20.8 Å². The summed E-state index contributed by atoms with van der Waals surface area (Å²) in [5.74, 6) is -0.501. The number of nitrogens with one attached hydrogen (secondary N) is 1. The van der Waals surface area contributed by atoms with Gasteiger partial charge in [0.25, 0.3) is 10.0 Å². The smallest absolute Gasteiger partial charge is 0.322 e. The highest BCUT2D eigenvalue weighted by atomic mass is 35.5. The molecule has 2 aromatic rings. The number of amides is 1. The maximum Gasteiger partial charge on any atom is 0.322 e. The topological polar surface area (TPSA) is 115 Å². The van der Waals surface area contributed by atoms with Gasteiger partial charge in [0, 0.05) is 19.7 Å². The van der Waals surface area contributed by atoms with E-state index in [0.29, 0.717) is 36.2 Å². The first kappa shape index (κ1) is 19.8. The highest BCUT2D eigenvalue weighted by Crippen LogP contribution is 2.31. The Morgan fingerprint density at radius 3 is 2.86 bits per heavy atom. The van der Waals surface area contributed by atoms with E-state index in [2.05, 4.69) is 15.5 Å². The van der Waals surface area contributed by atoms with Crippen molar-refractivity contribution in [2.45, 2.75) is 36.0 Å². The average Bonchev–Trinajstić information content (AvgIpc) is 3.43. The monoisotopic (exact) mass is 446 g/mol. The number of ether oxygens (including phenoxy) is 1. The van der Waals surface area contributed by atoms with E-state index >= 15 is 0 Å². The molecule has 2 aliphatic heterocycles. The minimum atomic E-state index is -3.67. The number of piperidine rings is 1. The molecule has 0 aromatic carbocycles. The third-order valence-electron chi connectivity index (χ3n) is 4.77. The number of hydrogen-bond donors (Lipinski definition) is 1. The summed E-state index contributed by atoms with van der Waals surface area (Å²) in [7, 11) is -3.67. The minimum Gasteiger partial charge on any atom is -0.405 e. The van der Waals surface area contributed by atoms with Gasteiger partial charge in [-0.2, -0.15) is 4.31 Å². The van der Waals surface area contributed by atoms with Crippen LogP contribution in [0, 0.1) is 5.92 Å². The third kappa shape index (κ3) is 4.08. The lowest BCUT2D eigenvalue weighted by Crippen LogP contribution is -2.43. The fourth-order valence-corrected chi connectivity index (χ4v) is 6.49. The van der Waals surface area contributed by atoms with Crippen molar-refractivity contribution in [1.29, 1.82) is 0 Å². The molecule has 0 radical (unpaired) electrons.